The molecule has 1 aromatic rings. The van der Waals surface area contributed by atoms with Crippen LogP contribution in [0.5, 0.6) is 0 Å². The van der Waals surface area contributed by atoms with Gasteiger partial charge in [-0.25, -0.2) is 8.42 Å². The summed E-state index contributed by atoms with van der Waals surface area (Å²) >= 11 is 0. The van der Waals surface area contributed by atoms with Gasteiger partial charge in [-0.05, 0) is 19.9 Å². The van der Waals surface area contributed by atoms with Gasteiger partial charge in [0.25, 0.3) is 0 Å². The number of nitrogen functional groups attached to an aromatic ring is 1. The fraction of sp³-hybridized carbons (Fsp3) is 0.500. The summed E-state index contributed by atoms with van der Waals surface area (Å²) in [5.41, 5.74) is 8.58. The van der Waals surface area contributed by atoms with Crippen LogP contribution in [-0.4, -0.2) is 43.8 Å². The molecule has 0 aliphatic carbocycles. The van der Waals surface area contributed by atoms with Gasteiger partial charge in [0.2, 0.25) is 0 Å². The molecule has 3 N–H and O–H groups in total. The Morgan fingerprint density at radius 3 is 2.47 bits per heavy atom. The third-order valence-electron chi connectivity index (χ3n) is 3.26. The van der Waals surface area contributed by atoms with E-state index in [2.05, 4.69) is 4.98 Å². The van der Waals surface area contributed by atoms with Crippen LogP contribution in [-0.2, 0) is 9.84 Å². The quantitative estimate of drug-likeness (QED) is 0.597. The smallest absolute Gasteiger partial charge is 0.153 e. The lowest BCUT2D eigenvalue weighted by atomic mass is 10.1. The monoisotopic (exact) mass is 282 g/mol. The Hall–Kier alpha value is -1.63. The van der Waals surface area contributed by atoms with Gasteiger partial charge in [-0.1, -0.05) is 0 Å². The normalized spacial score (nSPS) is 18.3. The van der Waals surface area contributed by atoms with Gasteiger partial charge < -0.3 is 10.6 Å². The second-order valence-corrected chi connectivity index (χ2v) is 7.10. The molecule has 0 unspecified atom stereocenters. The number of sulfone groups is 1. The van der Waals surface area contributed by atoms with E-state index in [0.717, 1.165) is 11.4 Å². The number of anilines is 1. The second-order valence-electron chi connectivity index (χ2n) is 4.80. The van der Waals surface area contributed by atoms with Crippen LogP contribution >= 0.6 is 0 Å². The van der Waals surface area contributed by atoms with Crippen LogP contribution in [0.1, 0.15) is 17.0 Å². The summed E-state index contributed by atoms with van der Waals surface area (Å²) in [6.45, 7) is 4.56. The summed E-state index contributed by atoms with van der Waals surface area (Å²) in [5, 5.41) is 7.68. The first kappa shape index (κ1) is 13.8. The number of nitrogens with two attached hydrogens (primary N) is 1. The van der Waals surface area contributed by atoms with Crippen molar-refractivity contribution in [1.82, 2.24) is 4.98 Å². The van der Waals surface area contributed by atoms with Crippen LogP contribution in [0.15, 0.2) is 6.07 Å². The summed E-state index contributed by atoms with van der Waals surface area (Å²) in [7, 11) is -2.92. The third kappa shape index (κ3) is 2.86. The number of amidine groups is 1. The molecule has 6 nitrogen and oxygen atoms in total. The van der Waals surface area contributed by atoms with Gasteiger partial charge in [-0.15, -0.1) is 0 Å². The third-order valence-corrected chi connectivity index (χ3v) is 4.87. The van der Waals surface area contributed by atoms with Crippen molar-refractivity contribution in [3.8, 4) is 0 Å². The van der Waals surface area contributed by atoms with Crippen LogP contribution in [0.2, 0.25) is 0 Å². The molecule has 1 saturated heterocycles. The van der Waals surface area contributed by atoms with E-state index in [1.54, 1.807) is 0 Å². The minimum atomic E-state index is -2.92. The van der Waals surface area contributed by atoms with Crippen molar-refractivity contribution in [3.63, 3.8) is 0 Å². The topological polar surface area (TPSA) is 100 Å². The van der Waals surface area contributed by atoms with Crippen molar-refractivity contribution in [3.05, 3.63) is 23.0 Å². The first-order valence-electron chi connectivity index (χ1n) is 6.08. The highest BCUT2D eigenvalue weighted by Crippen LogP contribution is 2.25. The van der Waals surface area contributed by atoms with E-state index in [1.165, 1.54) is 0 Å². The van der Waals surface area contributed by atoms with Gasteiger partial charge in [0.1, 0.15) is 5.84 Å². The Morgan fingerprint density at radius 2 is 1.95 bits per heavy atom. The van der Waals surface area contributed by atoms with Gasteiger partial charge in [0, 0.05) is 18.8 Å². The zero-order chi connectivity index (χ0) is 14.2. The van der Waals surface area contributed by atoms with Gasteiger partial charge in [0.15, 0.2) is 9.84 Å². The van der Waals surface area contributed by atoms with Gasteiger partial charge >= 0.3 is 0 Å². The molecule has 0 amide bonds. The Bertz CT molecular complexity index is 611. The summed E-state index contributed by atoms with van der Waals surface area (Å²) in [6.07, 6.45) is 0. The largest absolute Gasteiger partial charge is 0.384 e. The van der Waals surface area contributed by atoms with Crippen LogP contribution < -0.4 is 10.6 Å². The van der Waals surface area contributed by atoms with E-state index in [-0.39, 0.29) is 17.3 Å². The van der Waals surface area contributed by atoms with Crippen LogP contribution in [0, 0.1) is 19.3 Å². The molecule has 1 aromatic heterocycles. The summed E-state index contributed by atoms with van der Waals surface area (Å²) in [6, 6.07) is 1.86. The zero-order valence-electron chi connectivity index (χ0n) is 11.1. The van der Waals surface area contributed by atoms with Crippen LogP contribution in [0.3, 0.4) is 0 Å². The van der Waals surface area contributed by atoms with Gasteiger partial charge in [-0.3, -0.25) is 10.4 Å². The Labute approximate surface area is 113 Å². The molecule has 0 aromatic carbocycles. The number of pyridine rings is 1. The fourth-order valence-corrected chi connectivity index (χ4v) is 3.54. The number of hydrogen-bond donors (Lipinski definition) is 2. The molecule has 2 rings (SSSR count). The van der Waals surface area contributed by atoms with Crippen molar-refractivity contribution in [2.45, 2.75) is 13.8 Å². The number of nitrogens with zero attached hydrogens (tertiary/aromatic N) is 2. The van der Waals surface area contributed by atoms with Gasteiger partial charge in [0.05, 0.1) is 28.5 Å². The maximum atomic E-state index is 11.5. The van der Waals surface area contributed by atoms with Crippen molar-refractivity contribution in [1.29, 1.82) is 5.41 Å². The number of hydrogen-bond acceptors (Lipinski definition) is 5. The lowest BCUT2D eigenvalue weighted by Gasteiger charge is -2.31. The highest BCUT2D eigenvalue weighted by Gasteiger charge is 2.25. The molecule has 2 heterocycles. The molecule has 0 atom stereocenters. The molecule has 1 aliphatic rings. The maximum absolute atomic E-state index is 11.5. The molecule has 0 bridgehead atoms. The minimum Gasteiger partial charge on any atom is -0.384 e. The molecule has 0 radical (unpaired) electrons. The molecular weight excluding hydrogens is 264 g/mol. The van der Waals surface area contributed by atoms with Gasteiger partial charge in [-0.2, -0.15) is 0 Å². The molecule has 1 aliphatic heterocycles. The molecular formula is C12H18N4O2S. The first-order valence-corrected chi connectivity index (χ1v) is 7.90. The van der Waals surface area contributed by atoms with Crippen molar-refractivity contribution in [2.24, 2.45) is 5.73 Å². The van der Waals surface area contributed by atoms with Crippen molar-refractivity contribution < 1.29 is 8.42 Å². The number of aromatic nitrogens is 1. The standard InChI is InChI=1S/C12H18N4O2S/c1-8-7-10(11(12(13)14)9(2)15-8)16-3-5-19(17,18)6-4-16/h7H,3-6H2,1-2H3,(H3,13,14). The van der Waals surface area contributed by atoms with E-state index in [1.807, 2.05) is 24.8 Å². The van der Waals surface area contributed by atoms with Crippen molar-refractivity contribution in [2.75, 3.05) is 29.5 Å². The molecule has 0 saturated carbocycles. The van der Waals surface area contributed by atoms with Crippen molar-refractivity contribution >= 4 is 21.4 Å². The molecule has 19 heavy (non-hydrogen) atoms. The van der Waals surface area contributed by atoms with E-state index in [4.69, 9.17) is 11.1 Å². The summed E-state index contributed by atoms with van der Waals surface area (Å²) < 4.78 is 22.9. The number of nitrogens with one attached hydrogen (secondary N) is 1. The lowest BCUT2D eigenvalue weighted by molar-refractivity contribution is 0.586. The Balaban J connectivity index is 2.42. The van der Waals surface area contributed by atoms with E-state index in [9.17, 15) is 8.42 Å². The van der Waals surface area contributed by atoms with Crippen LogP contribution in [0.25, 0.3) is 0 Å². The van der Waals surface area contributed by atoms with Crippen LogP contribution in [0.4, 0.5) is 5.69 Å². The molecule has 7 heteroatoms. The highest BCUT2D eigenvalue weighted by molar-refractivity contribution is 7.91. The number of aryl methyl sites for hydroxylation is 2. The van der Waals surface area contributed by atoms with E-state index in [0.29, 0.717) is 24.3 Å². The van der Waals surface area contributed by atoms with E-state index >= 15 is 0 Å². The van der Waals surface area contributed by atoms with E-state index < -0.39 is 9.84 Å². The maximum Gasteiger partial charge on any atom is 0.153 e. The SMILES string of the molecule is Cc1cc(N2CCS(=O)(=O)CC2)c(C(=N)N)c(C)n1. The molecule has 0 spiro atoms. The molecule has 104 valence electrons. The summed E-state index contributed by atoms with van der Waals surface area (Å²) in [4.78, 5) is 6.28. The zero-order valence-corrected chi connectivity index (χ0v) is 11.9. The fourth-order valence-electron chi connectivity index (χ4n) is 2.34. The minimum absolute atomic E-state index is 0.0339. The molecule has 1 fully saturated rings. The lowest BCUT2D eigenvalue weighted by Crippen LogP contribution is -2.41. The number of rotatable bonds is 2. The average Bonchev–Trinajstić information content (AvgIpc) is 2.26. The second kappa shape index (κ2) is 4.80. The highest BCUT2D eigenvalue weighted by atomic mass is 32.2. The average molecular weight is 282 g/mol. The Kier molecular flexibility index (Phi) is 3.49. The Morgan fingerprint density at radius 1 is 1.37 bits per heavy atom. The summed E-state index contributed by atoms with van der Waals surface area (Å²) in [5.74, 6) is 0.253. The predicted octanol–water partition coefficient (Wildman–Crippen LogP) is 0.217. The predicted molar refractivity (Wildman–Crippen MR) is 75.6 cm³/mol. The first-order chi connectivity index (χ1) is 8.80.